The normalized spacial score (nSPS) is 23.4. The number of hydrogen-bond acceptors (Lipinski definition) is 10. The molecule has 2 heterocycles. The van der Waals surface area contributed by atoms with Gasteiger partial charge in [0.05, 0.1) is 12.0 Å². The lowest BCUT2D eigenvalue weighted by molar-refractivity contribution is 0.00124. The molecular weight excluding hydrogens is 520 g/mol. The number of aliphatic hydroxyl groups is 2. The number of phenolic OH excluding ortho intramolecular Hbond substituents is 6. The molecule has 4 aromatic rings. The van der Waals surface area contributed by atoms with E-state index in [4.69, 9.17) is 9.47 Å². The molecule has 10 heteroatoms. The standard InChI is InChI=1S/C30H26O10/c31-15-5-1-13(2-6-15)28-22(37)11-18-19(34)12-21(36)25(30(18)40-28)26-24-20(35)9-17(33)10-23(24)39-29(27(26)38)14-3-7-16(32)8-4-14/h1-10,12,22,26-29,31-38H,11H2/t22-,26+,27-,28-,29-/m1/s1. The summed E-state index contributed by atoms with van der Waals surface area (Å²) in [6.07, 6.45) is -4.61. The van der Waals surface area contributed by atoms with Gasteiger partial charge in [-0.3, -0.25) is 0 Å². The third-order valence-electron chi connectivity index (χ3n) is 7.46. The summed E-state index contributed by atoms with van der Waals surface area (Å²) in [5.41, 5.74) is 1.28. The number of ether oxygens (including phenoxy) is 2. The van der Waals surface area contributed by atoms with Crippen LogP contribution in [0.25, 0.3) is 0 Å². The van der Waals surface area contributed by atoms with Gasteiger partial charge in [0.1, 0.15) is 58.2 Å². The minimum Gasteiger partial charge on any atom is -0.508 e. The largest absolute Gasteiger partial charge is 0.508 e. The van der Waals surface area contributed by atoms with E-state index in [1.165, 1.54) is 30.3 Å². The Labute approximate surface area is 227 Å². The van der Waals surface area contributed by atoms with Crippen molar-refractivity contribution in [2.75, 3.05) is 0 Å². The lowest BCUT2D eigenvalue weighted by Gasteiger charge is -2.40. The maximum absolute atomic E-state index is 11.7. The first-order valence-electron chi connectivity index (χ1n) is 12.5. The van der Waals surface area contributed by atoms with Gasteiger partial charge in [-0.1, -0.05) is 24.3 Å². The van der Waals surface area contributed by atoms with Crippen molar-refractivity contribution in [3.63, 3.8) is 0 Å². The molecule has 0 aromatic heterocycles. The Balaban J connectivity index is 1.55. The van der Waals surface area contributed by atoms with Gasteiger partial charge in [-0.15, -0.1) is 0 Å². The van der Waals surface area contributed by atoms with Gasteiger partial charge >= 0.3 is 0 Å². The van der Waals surface area contributed by atoms with Crippen LogP contribution < -0.4 is 9.47 Å². The van der Waals surface area contributed by atoms with E-state index in [0.29, 0.717) is 11.1 Å². The number of aliphatic hydroxyl groups excluding tert-OH is 2. The second-order valence-corrected chi connectivity index (χ2v) is 10.0. The minimum atomic E-state index is -1.44. The molecule has 0 aliphatic carbocycles. The molecule has 5 atom stereocenters. The molecule has 0 fully saturated rings. The minimum absolute atomic E-state index is 0.00114. The van der Waals surface area contributed by atoms with Crippen LogP contribution in [0.5, 0.6) is 46.0 Å². The predicted molar refractivity (Wildman–Crippen MR) is 140 cm³/mol. The van der Waals surface area contributed by atoms with Gasteiger partial charge in [-0.05, 0) is 35.4 Å². The van der Waals surface area contributed by atoms with Crippen LogP contribution in [0.3, 0.4) is 0 Å². The molecule has 0 amide bonds. The summed E-state index contributed by atoms with van der Waals surface area (Å²) in [5, 5.41) is 85.1. The number of benzene rings is 4. The van der Waals surface area contributed by atoms with Gasteiger partial charge in [0.25, 0.3) is 0 Å². The lowest BCUT2D eigenvalue weighted by Crippen LogP contribution is -2.36. The van der Waals surface area contributed by atoms with Crippen molar-refractivity contribution in [2.45, 2.75) is 36.8 Å². The van der Waals surface area contributed by atoms with Gasteiger partial charge in [0, 0.05) is 41.3 Å². The van der Waals surface area contributed by atoms with Crippen LogP contribution in [0.1, 0.15) is 45.9 Å². The van der Waals surface area contributed by atoms with E-state index in [1.54, 1.807) is 24.3 Å². The number of phenols is 6. The Morgan fingerprint density at radius 3 is 1.77 bits per heavy atom. The summed E-state index contributed by atoms with van der Waals surface area (Å²) in [6, 6.07) is 15.4. The quantitative estimate of drug-likeness (QED) is 0.189. The molecule has 40 heavy (non-hydrogen) atoms. The Hall–Kier alpha value is -4.80. The van der Waals surface area contributed by atoms with Crippen molar-refractivity contribution in [3.8, 4) is 46.0 Å². The van der Waals surface area contributed by atoms with Crippen LogP contribution in [0.15, 0.2) is 66.7 Å². The first kappa shape index (κ1) is 25.5. The molecular formula is C30H26O10. The topological polar surface area (TPSA) is 180 Å². The molecule has 0 spiro atoms. The molecule has 2 aliphatic rings. The Kier molecular flexibility index (Phi) is 6.01. The molecule has 4 aromatic carbocycles. The number of aromatic hydroxyl groups is 6. The molecule has 206 valence electrons. The van der Waals surface area contributed by atoms with Crippen molar-refractivity contribution in [2.24, 2.45) is 0 Å². The lowest BCUT2D eigenvalue weighted by atomic mass is 9.77. The summed E-state index contributed by atoms with van der Waals surface area (Å²) >= 11 is 0. The smallest absolute Gasteiger partial charge is 0.150 e. The number of fused-ring (bicyclic) bond motifs is 2. The molecule has 0 saturated heterocycles. The van der Waals surface area contributed by atoms with Gasteiger partial charge in [0.2, 0.25) is 0 Å². The van der Waals surface area contributed by atoms with Crippen LogP contribution in [-0.2, 0) is 6.42 Å². The highest BCUT2D eigenvalue weighted by atomic mass is 16.5. The van der Waals surface area contributed by atoms with Crippen molar-refractivity contribution >= 4 is 0 Å². The fourth-order valence-electron chi connectivity index (χ4n) is 5.60. The van der Waals surface area contributed by atoms with Gasteiger partial charge in [-0.2, -0.15) is 0 Å². The fraction of sp³-hybridized carbons (Fsp3) is 0.200. The molecule has 10 nitrogen and oxygen atoms in total. The maximum atomic E-state index is 11.7. The van der Waals surface area contributed by atoms with Gasteiger partial charge in [-0.25, -0.2) is 0 Å². The molecule has 0 bridgehead atoms. The average molecular weight is 547 g/mol. The van der Waals surface area contributed by atoms with Crippen molar-refractivity contribution in [3.05, 3.63) is 94.5 Å². The average Bonchev–Trinajstić information content (AvgIpc) is 2.91. The van der Waals surface area contributed by atoms with E-state index in [1.807, 2.05) is 0 Å². The summed E-state index contributed by atoms with van der Waals surface area (Å²) in [5.74, 6) is -2.59. The summed E-state index contributed by atoms with van der Waals surface area (Å²) in [4.78, 5) is 0. The zero-order valence-corrected chi connectivity index (χ0v) is 20.8. The SMILES string of the molecule is Oc1ccc([C@H]2Oc3cc(O)cc(O)c3[C@@H](c3c(O)cc(O)c4c3O[C@H](c3ccc(O)cc3)[C@H](O)C4)[C@H]2O)cc1. The van der Waals surface area contributed by atoms with Crippen LogP contribution >= 0.6 is 0 Å². The van der Waals surface area contributed by atoms with E-state index in [-0.39, 0.29) is 57.6 Å². The van der Waals surface area contributed by atoms with Crippen LogP contribution in [-0.4, -0.2) is 53.1 Å². The van der Waals surface area contributed by atoms with Crippen LogP contribution in [0.2, 0.25) is 0 Å². The molecule has 8 N–H and O–H groups in total. The molecule has 0 radical (unpaired) electrons. The van der Waals surface area contributed by atoms with Crippen molar-refractivity contribution in [1.82, 2.24) is 0 Å². The maximum Gasteiger partial charge on any atom is 0.150 e. The second kappa shape index (κ2) is 9.44. The summed E-state index contributed by atoms with van der Waals surface area (Å²) in [6.45, 7) is 0. The second-order valence-electron chi connectivity index (χ2n) is 10.0. The highest BCUT2D eigenvalue weighted by Gasteiger charge is 2.46. The monoisotopic (exact) mass is 546 g/mol. The first-order chi connectivity index (χ1) is 19.1. The number of rotatable bonds is 3. The Bertz CT molecular complexity index is 1580. The van der Waals surface area contributed by atoms with E-state index < -0.39 is 41.8 Å². The van der Waals surface area contributed by atoms with Gasteiger partial charge in [0.15, 0.2) is 6.10 Å². The summed E-state index contributed by atoms with van der Waals surface area (Å²) < 4.78 is 12.3. The zero-order valence-electron chi connectivity index (χ0n) is 20.8. The Morgan fingerprint density at radius 1 is 0.575 bits per heavy atom. The molecule has 6 rings (SSSR count). The first-order valence-corrected chi connectivity index (χ1v) is 12.5. The predicted octanol–water partition coefficient (Wildman–Crippen LogP) is 3.58. The third kappa shape index (κ3) is 4.14. The van der Waals surface area contributed by atoms with E-state index in [9.17, 15) is 40.9 Å². The van der Waals surface area contributed by atoms with Crippen molar-refractivity contribution < 1.29 is 50.3 Å². The molecule has 0 unspecified atom stereocenters. The van der Waals surface area contributed by atoms with Gasteiger partial charge < -0.3 is 50.3 Å². The number of hydrogen-bond donors (Lipinski definition) is 8. The van der Waals surface area contributed by atoms with Crippen LogP contribution in [0.4, 0.5) is 0 Å². The fourth-order valence-corrected chi connectivity index (χ4v) is 5.60. The molecule has 2 aliphatic heterocycles. The van der Waals surface area contributed by atoms with E-state index >= 15 is 0 Å². The third-order valence-corrected chi connectivity index (χ3v) is 7.46. The highest BCUT2D eigenvalue weighted by molar-refractivity contribution is 5.65. The van der Waals surface area contributed by atoms with Crippen LogP contribution in [0, 0.1) is 0 Å². The Morgan fingerprint density at radius 2 is 1.15 bits per heavy atom. The van der Waals surface area contributed by atoms with Crippen molar-refractivity contribution in [1.29, 1.82) is 0 Å². The molecule has 0 saturated carbocycles. The highest BCUT2D eigenvalue weighted by Crippen LogP contribution is 2.57. The van der Waals surface area contributed by atoms with E-state index in [0.717, 1.165) is 12.1 Å². The summed E-state index contributed by atoms with van der Waals surface area (Å²) in [7, 11) is 0. The van der Waals surface area contributed by atoms with E-state index in [2.05, 4.69) is 0 Å². The zero-order chi connectivity index (χ0) is 28.3.